The highest BCUT2D eigenvalue weighted by Gasteiger charge is 2.26. The van der Waals surface area contributed by atoms with Crippen LogP contribution >= 0.6 is 0 Å². The number of nitrogens with zero attached hydrogens (tertiary/aromatic N) is 1. The second-order valence-corrected chi connectivity index (χ2v) is 6.08. The van der Waals surface area contributed by atoms with Gasteiger partial charge in [0.1, 0.15) is 4.90 Å². The van der Waals surface area contributed by atoms with Crippen molar-refractivity contribution in [1.82, 2.24) is 9.29 Å². The normalized spacial score (nSPS) is 12.0. The molecule has 0 saturated heterocycles. The summed E-state index contributed by atoms with van der Waals surface area (Å²) >= 11 is 0. The highest BCUT2D eigenvalue weighted by molar-refractivity contribution is 7.89. The number of nitrogens with one attached hydrogen (secondary N) is 1. The number of rotatable bonds is 10. The average Bonchev–Trinajstić information content (AvgIpc) is 2.46. The first-order valence-electron chi connectivity index (χ1n) is 6.86. The van der Waals surface area contributed by atoms with Gasteiger partial charge < -0.3 is 14.5 Å². The van der Waals surface area contributed by atoms with Crippen molar-refractivity contribution in [1.29, 1.82) is 0 Å². The van der Waals surface area contributed by atoms with Gasteiger partial charge in [-0.1, -0.05) is 0 Å². The fourth-order valence-corrected chi connectivity index (χ4v) is 3.16. The van der Waals surface area contributed by atoms with Gasteiger partial charge in [0, 0.05) is 44.8 Å². The number of hydrogen-bond donors (Lipinski definition) is 1. The molecule has 0 aromatic carbocycles. The minimum Gasteiger partial charge on any atom is -0.380 e. The Morgan fingerprint density at radius 3 is 2.19 bits per heavy atom. The Kier molecular flexibility index (Phi) is 7.58. The maximum absolute atomic E-state index is 12.5. The molecule has 0 spiro atoms. The number of pyridine rings is 1. The minimum atomic E-state index is -3.86. The molecule has 7 nitrogen and oxygen atoms in total. The number of hydrogen-bond acceptors (Lipinski definition) is 5. The molecular formula is C13H22N2O5S. The van der Waals surface area contributed by atoms with E-state index in [0.717, 1.165) is 0 Å². The lowest BCUT2D eigenvalue weighted by Gasteiger charge is -2.21. The van der Waals surface area contributed by atoms with Gasteiger partial charge in [-0.25, -0.2) is 8.42 Å². The van der Waals surface area contributed by atoms with Crippen LogP contribution in [0.5, 0.6) is 0 Å². The predicted molar refractivity (Wildman–Crippen MR) is 78.8 cm³/mol. The molecule has 120 valence electrons. The highest BCUT2D eigenvalue weighted by atomic mass is 32.2. The van der Waals surface area contributed by atoms with Gasteiger partial charge in [0.25, 0.3) is 0 Å². The molecule has 0 fully saturated rings. The molecule has 0 aliphatic rings. The Morgan fingerprint density at radius 1 is 1.14 bits per heavy atom. The standard InChI is InChI=1S/C13H22N2O5S/c1-3-19-9-7-15(8-10-20-4-2)21(17,18)13-11-14-6-5-12(13)16/h5-6,11H,3-4,7-10H2,1-2H3,(H,14,16). The van der Waals surface area contributed by atoms with E-state index in [1.165, 1.54) is 22.8 Å². The fraction of sp³-hybridized carbons (Fsp3) is 0.615. The number of aromatic nitrogens is 1. The van der Waals surface area contributed by atoms with Crippen molar-refractivity contribution in [2.75, 3.05) is 39.5 Å². The Balaban J connectivity index is 2.93. The first kappa shape index (κ1) is 17.8. The molecule has 0 amide bonds. The molecule has 0 atom stereocenters. The number of aromatic amines is 1. The van der Waals surface area contributed by atoms with Crippen molar-refractivity contribution in [3.05, 3.63) is 28.7 Å². The molecule has 0 aliphatic heterocycles. The molecule has 1 aromatic rings. The SMILES string of the molecule is CCOCCN(CCOCC)S(=O)(=O)c1c[nH]ccc1=O. The Hall–Kier alpha value is -1.22. The van der Waals surface area contributed by atoms with Crippen LogP contribution in [-0.2, 0) is 19.5 Å². The summed E-state index contributed by atoms with van der Waals surface area (Å²) in [5, 5.41) is 0. The average molecular weight is 318 g/mol. The minimum absolute atomic E-state index is 0.178. The van der Waals surface area contributed by atoms with E-state index in [2.05, 4.69) is 4.98 Å². The molecule has 1 aromatic heterocycles. The van der Waals surface area contributed by atoms with Crippen molar-refractivity contribution in [3.63, 3.8) is 0 Å². The maximum atomic E-state index is 12.5. The van der Waals surface area contributed by atoms with Crippen LogP contribution in [-0.4, -0.2) is 57.2 Å². The molecule has 0 aliphatic carbocycles. The zero-order chi connectivity index (χ0) is 15.7. The molecule has 0 bridgehead atoms. The zero-order valence-corrected chi connectivity index (χ0v) is 13.2. The Morgan fingerprint density at radius 2 is 1.71 bits per heavy atom. The van der Waals surface area contributed by atoms with Crippen LogP contribution in [0.15, 0.2) is 28.2 Å². The van der Waals surface area contributed by atoms with Gasteiger partial charge in [0.05, 0.1) is 13.2 Å². The van der Waals surface area contributed by atoms with E-state index in [4.69, 9.17) is 9.47 Å². The first-order valence-corrected chi connectivity index (χ1v) is 8.30. The van der Waals surface area contributed by atoms with Crippen LogP contribution in [0, 0.1) is 0 Å². The third-order valence-electron chi connectivity index (χ3n) is 2.78. The van der Waals surface area contributed by atoms with Gasteiger partial charge in [-0.15, -0.1) is 0 Å². The van der Waals surface area contributed by atoms with E-state index in [9.17, 15) is 13.2 Å². The largest absolute Gasteiger partial charge is 0.380 e. The maximum Gasteiger partial charge on any atom is 0.248 e. The van der Waals surface area contributed by atoms with Crippen molar-refractivity contribution >= 4 is 10.0 Å². The summed E-state index contributed by atoms with van der Waals surface area (Å²) in [4.78, 5) is 14.1. The lowest BCUT2D eigenvalue weighted by molar-refractivity contribution is 0.110. The first-order chi connectivity index (χ1) is 10.0. The van der Waals surface area contributed by atoms with Crippen molar-refractivity contribution in [2.24, 2.45) is 0 Å². The third-order valence-corrected chi connectivity index (χ3v) is 4.70. The molecule has 0 radical (unpaired) electrons. The number of ether oxygens (including phenoxy) is 2. The van der Waals surface area contributed by atoms with Crippen LogP contribution in [0.2, 0.25) is 0 Å². The monoisotopic (exact) mass is 318 g/mol. The van der Waals surface area contributed by atoms with Crippen LogP contribution in [0.1, 0.15) is 13.8 Å². The molecule has 0 unspecified atom stereocenters. The number of H-pyrrole nitrogens is 1. The van der Waals surface area contributed by atoms with Crippen LogP contribution in [0.25, 0.3) is 0 Å². The molecule has 1 N–H and O–H groups in total. The summed E-state index contributed by atoms with van der Waals surface area (Å²) in [5.74, 6) is 0. The fourth-order valence-electron chi connectivity index (χ4n) is 1.72. The van der Waals surface area contributed by atoms with Gasteiger partial charge in [-0.3, -0.25) is 4.79 Å². The third kappa shape index (κ3) is 5.24. The lowest BCUT2D eigenvalue weighted by atomic mass is 10.5. The van der Waals surface area contributed by atoms with E-state index in [-0.39, 0.29) is 31.2 Å². The van der Waals surface area contributed by atoms with Crippen molar-refractivity contribution in [2.45, 2.75) is 18.7 Å². The van der Waals surface area contributed by atoms with Gasteiger partial charge in [-0.2, -0.15) is 4.31 Å². The topological polar surface area (TPSA) is 88.7 Å². The molecule has 8 heteroatoms. The summed E-state index contributed by atoms with van der Waals surface area (Å²) in [6.45, 7) is 5.58. The van der Waals surface area contributed by atoms with E-state index in [1.54, 1.807) is 0 Å². The Labute approximate surface area is 124 Å². The molecule has 1 heterocycles. The van der Waals surface area contributed by atoms with Gasteiger partial charge in [0.2, 0.25) is 15.5 Å². The summed E-state index contributed by atoms with van der Waals surface area (Å²) in [6.07, 6.45) is 2.60. The quantitative estimate of drug-likeness (QED) is 0.632. The second kappa shape index (κ2) is 8.93. The van der Waals surface area contributed by atoms with Crippen LogP contribution < -0.4 is 5.43 Å². The van der Waals surface area contributed by atoms with Gasteiger partial charge >= 0.3 is 0 Å². The van der Waals surface area contributed by atoms with Crippen LogP contribution in [0.4, 0.5) is 0 Å². The summed E-state index contributed by atoms with van der Waals surface area (Å²) in [6, 6.07) is 1.19. The molecule has 1 rings (SSSR count). The van der Waals surface area contributed by atoms with Crippen molar-refractivity contribution in [3.8, 4) is 0 Å². The second-order valence-electron chi connectivity index (χ2n) is 4.17. The summed E-state index contributed by atoms with van der Waals surface area (Å²) in [7, 11) is -3.86. The van der Waals surface area contributed by atoms with E-state index < -0.39 is 15.5 Å². The number of sulfonamides is 1. The molecule has 21 heavy (non-hydrogen) atoms. The van der Waals surface area contributed by atoms with E-state index in [0.29, 0.717) is 13.2 Å². The lowest BCUT2D eigenvalue weighted by Crippen LogP contribution is -2.38. The van der Waals surface area contributed by atoms with Gasteiger partial charge in [-0.05, 0) is 13.8 Å². The summed E-state index contributed by atoms with van der Waals surface area (Å²) < 4.78 is 36.7. The highest BCUT2D eigenvalue weighted by Crippen LogP contribution is 2.10. The molecular weight excluding hydrogens is 296 g/mol. The van der Waals surface area contributed by atoms with E-state index >= 15 is 0 Å². The van der Waals surface area contributed by atoms with Crippen molar-refractivity contribution < 1.29 is 17.9 Å². The zero-order valence-electron chi connectivity index (χ0n) is 12.4. The molecule has 0 saturated carbocycles. The predicted octanol–water partition coefficient (Wildman–Crippen LogP) is 0.439. The van der Waals surface area contributed by atoms with Gasteiger partial charge in [0.15, 0.2) is 0 Å². The smallest absolute Gasteiger partial charge is 0.248 e. The Bertz CT molecular complexity index is 560. The summed E-state index contributed by atoms with van der Waals surface area (Å²) in [5.41, 5.74) is -0.536. The van der Waals surface area contributed by atoms with E-state index in [1.807, 2.05) is 13.8 Å². The van der Waals surface area contributed by atoms with Crippen LogP contribution in [0.3, 0.4) is 0 Å².